The molecule has 0 aliphatic rings. The molecular weight excluding hydrogens is 269 g/mol. The maximum Gasteiger partial charge on any atom is 0.339 e. The summed E-state index contributed by atoms with van der Waals surface area (Å²) in [6.45, 7) is 0. The third-order valence-electron chi connectivity index (χ3n) is 2.87. The maximum absolute atomic E-state index is 14.0. The van der Waals surface area contributed by atoms with E-state index in [2.05, 4.69) is 0 Å². The summed E-state index contributed by atoms with van der Waals surface area (Å²) >= 11 is 0. The van der Waals surface area contributed by atoms with Crippen LogP contribution in [0.5, 0.6) is 0 Å². The van der Waals surface area contributed by atoms with Crippen molar-refractivity contribution < 1.29 is 23.1 Å². The van der Waals surface area contributed by atoms with E-state index in [9.17, 15) is 23.1 Å². The Bertz CT molecular complexity index is 594. The number of alkyl halides is 2. The SMILES string of the molecule is O=C(c1ccccc1)C(F)(F)C(O)c1ccc(F)cc1. The molecule has 0 amide bonds. The maximum atomic E-state index is 14.0. The highest BCUT2D eigenvalue weighted by molar-refractivity contribution is 6.01. The lowest BCUT2D eigenvalue weighted by molar-refractivity contribution is -0.0792. The zero-order chi connectivity index (χ0) is 14.8. The number of aliphatic hydroxyl groups excluding tert-OH is 1. The second-order valence-corrected chi connectivity index (χ2v) is 4.27. The molecule has 0 saturated carbocycles. The minimum absolute atomic E-state index is 0.196. The molecule has 1 N–H and O–H groups in total. The van der Waals surface area contributed by atoms with Crippen molar-refractivity contribution in [1.29, 1.82) is 0 Å². The Hall–Kier alpha value is -2.14. The van der Waals surface area contributed by atoms with Gasteiger partial charge in [0.1, 0.15) is 5.82 Å². The molecule has 2 aromatic carbocycles. The Labute approximate surface area is 113 Å². The molecule has 0 aromatic heterocycles. The van der Waals surface area contributed by atoms with E-state index in [1.54, 1.807) is 6.07 Å². The van der Waals surface area contributed by atoms with Crippen molar-refractivity contribution in [3.63, 3.8) is 0 Å². The van der Waals surface area contributed by atoms with Crippen molar-refractivity contribution in [2.24, 2.45) is 0 Å². The molecular formula is C15H11F3O2. The zero-order valence-electron chi connectivity index (χ0n) is 10.3. The van der Waals surface area contributed by atoms with E-state index < -0.39 is 23.6 Å². The molecule has 2 nitrogen and oxygen atoms in total. The number of Topliss-reactive ketones (excluding diaryl/α,β-unsaturated/α-hetero) is 1. The van der Waals surface area contributed by atoms with Crippen molar-refractivity contribution >= 4 is 5.78 Å². The first kappa shape index (κ1) is 14.3. The van der Waals surface area contributed by atoms with Gasteiger partial charge in [-0.1, -0.05) is 42.5 Å². The number of hydrogen-bond donors (Lipinski definition) is 1. The molecule has 20 heavy (non-hydrogen) atoms. The van der Waals surface area contributed by atoms with Crippen LogP contribution >= 0.6 is 0 Å². The number of carbonyl (C=O) groups is 1. The van der Waals surface area contributed by atoms with Gasteiger partial charge in [0.25, 0.3) is 0 Å². The van der Waals surface area contributed by atoms with Crippen molar-refractivity contribution in [3.8, 4) is 0 Å². The average Bonchev–Trinajstić information content (AvgIpc) is 2.47. The molecule has 0 bridgehead atoms. The molecule has 0 aliphatic heterocycles. The number of halogens is 3. The van der Waals surface area contributed by atoms with Crippen LogP contribution in [0.15, 0.2) is 54.6 Å². The Morgan fingerprint density at radius 3 is 2.10 bits per heavy atom. The summed E-state index contributed by atoms with van der Waals surface area (Å²) in [6, 6.07) is 10.9. The van der Waals surface area contributed by atoms with Crippen molar-refractivity contribution in [2.45, 2.75) is 12.0 Å². The van der Waals surface area contributed by atoms with E-state index in [0.29, 0.717) is 0 Å². The lowest BCUT2D eigenvalue weighted by Gasteiger charge is -2.21. The molecule has 0 saturated heterocycles. The molecule has 1 unspecified atom stereocenters. The predicted octanol–water partition coefficient (Wildman–Crippen LogP) is 3.38. The second-order valence-electron chi connectivity index (χ2n) is 4.27. The summed E-state index contributed by atoms with van der Waals surface area (Å²) in [7, 11) is 0. The fraction of sp³-hybridized carbons (Fsp3) is 0.133. The number of benzene rings is 2. The molecule has 5 heteroatoms. The number of hydrogen-bond acceptors (Lipinski definition) is 2. The monoisotopic (exact) mass is 280 g/mol. The smallest absolute Gasteiger partial charge is 0.339 e. The van der Waals surface area contributed by atoms with E-state index in [1.165, 1.54) is 24.3 Å². The highest BCUT2D eigenvalue weighted by Gasteiger charge is 2.47. The molecule has 1 atom stereocenters. The second kappa shape index (κ2) is 5.46. The Morgan fingerprint density at radius 2 is 1.55 bits per heavy atom. The van der Waals surface area contributed by atoms with Crippen molar-refractivity contribution in [1.82, 2.24) is 0 Å². The minimum atomic E-state index is -3.99. The van der Waals surface area contributed by atoms with Gasteiger partial charge in [0, 0.05) is 5.56 Å². The molecule has 0 aliphatic carbocycles. The first-order valence-electron chi connectivity index (χ1n) is 5.84. The van der Waals surface area contributed by atoms with Gasteiger partial charge in [-0.05, 0) is 17.7 Å². The Morgan fingerprint density at radius 1 is 1.00 bits per heavy atom. The molecule has 0 spiro atoms. The topological polar surface area (TPSA) is 37.3 Å². The van der Waals surface area contributed by atoms with Crippen LogP contribution in [0.25, 0.3) is 0 Å². The number of rotatable bonds is 4. The van der Waals surface area contributed by atoms with Crippen LogP contribution < -0.4 is 0 Å². The third kappa shape index (κ3) is 2.72. The summed E-state index contributed by atoms with van der Waals surface area (Å²) < 4.78 is 40.7. The highest BCUT2D eigenvalue weighted by atomic mass is 19.3. The van der Waals surface area contributed by atoms with Crippen molar-refractivity contribution in [3.05, 3.63) is 71.5 Å². The molecule has 0 fully saturated rings. The summed E-state index contributed by atoms with van der Waals surface area (Å²) in [4.78, 5) is 11.8. The van der Waals surface area contributed by atoms with Gasteiger partial charge >= 0.3 is 5.92 Å². The van der Waals surface area contributed by atoms with E-state index in [4.69, 9.17) is 0 Å². The lowest BCUT2D eigenvalue weighted by atomic mass is 9.96. The van der Waals surface area contributed by atoms with Crippen LogP contribution in [-0.4, -0.2) is 16.8 Å². The van der Waals surface area contributed by atoms with Gasteiger partial charge < -0.3 is 5.11 Å². The largest absolute Gasteiger partial charge is 0.382 e. The fourth-order valence-electron chi connectivity index (χ4n) is 1.76. The van der Waals surface area contributed by atoms with E-state index in [0.717, 1.165) is 24.3 Å². The van der Waals surface area contributed by atoms with Gasteiger partial charge in [0.15, 0.2) is 6.10 Å². The van der Waals surface area contributed by atoms with E-state index in [-0.39, 0.29) is 11.1 Å². The highest BCUT2D eigenvalue weighted by Crippen LogP contribution is 2.34. The number of aliphatic hydroxyl groups is 1. The van der Waals surface area contributed by atoms with Gasteiger partial charge in [0.05, 0.1) is 0 Å². The van der Waals surface area contributed by atoms with Crippen LogP contribution in [0.2, 0.25) is 0 Å². The first-order chi connectivity index (χ1) is 9.43. The molecule has 2 aromatic rings. The third-order valence-corrected chi connectivity index (χ3v) is 2.87. The summed E-state index contributed by atoms with van der Waals surface area (Å²) in [6.07, 6.45) is -2.32. The van der Waals surface area contributed by atoms with Gasteiger partial charge in [-0.2, -0.15) is 8.78 Å². The Balaban J connectivity index is 2.29. The van der Waals surface area contributed by atoms with Gasteiger partial charge in [0.2, 0.25) is 5.78 Å². The average molecular weight is 280 g/mol. The summed E-state index contributed by atoms with van der Waals surface area (Å²) in [5.41, 5.74) is -0.417. The summed E-state index contributed by atoms with van der Waals surface area (Å²) in [5, 5.41) is 9.68. The molecule has 2 rings (SSSR count). The number of ketones is 1. The molecule has 104 valence electrons. The van der Waals surface area contributed by atoms with Crippen LogP contribution in [0.3, 0.4) is 0 Å². The number of carbonyl (C=O) groups excluding carboxylic acids is 1. The Kier molecular flexibility index (Phi) is 3.90. The normalized spacial score (nSPS) is 13.0. The predicted molar refractivity (Wildman–Crippen MR) is 67.1 cm³/mol. The van der Waals surface area contributed by atoms with Gasteiger partial charge in [-0.3, -0.25) is 4.79 Å². The molecule has 0 radical (unpaired) electrons. The first-order valence-corrected chi connectivity index (χ1v) is 5.84. The van der Waals surface area contributed by atoms with Crippen LogP contribution in [-0.2, 0) is 0 Å². The standard InChI is InChI=1S/C15H11F3O2/c16-12-8-6-11(7-9-12)14(20)15(17,18)13(19)10-4-2-1-3-5-10/h1-9,14,20H. The van der Waals surface area contributed by atoms with Crippen molar-refractivity contribution in [2.75, 3.05) is 0 Å². The minimum Gasteiger partial charge on any atom is -0.382 e. The van der Waals surface area contributed by atoms with E-state index in [1.807, 2.05) is 0 Å². The van der Waals surface area contributed by atoms with Gasteiger partial charge in [-0.15, -0.1) is 0 Å². The fourth-order valence-corrected chi connectivity index (χ4v) is 1.76. The van der Waals surface area contributed by atoms with Crippen LogP contribution in [0.4, 0.5) is 13.2 Å². The van der Waals surface area contributed by atoms with Gasteiger partial charge in [-0.25, -0.2) is 4.39 Å². The quantitative estimate of drug-likeness (QED) is 0.872. The lowest BCUT2D eigenvalue weighted by Crippen LogP contribution is -2.35. The zero-order valence-corrected chi connectivity index (χ0v) is 10.3. The van der Waals surface area contributed by atoms with Crippen LogP contribution in [0.1, 0.15) is 22.0 Å². The van der Waals surface area contributed by atoms with Crippen LogP contribution in [0, 0.1) is 5.82 Å². The van der Waals surface area contributed by atoms with E-state index >= 15 is 0 Å². The molecule has 0 heterocycles. The summed E-state index contributed by atoms with van der Waals surface area (Å²) in [5.74, 6) is -6.08.